The lowest BCUT2D eigenvalue weighted by Gasteiger charge is -2.21. The number of hydrogen-bond acceptors (Lipinski definition) is 5. The molecule has 0 aliphatic carbocycles. The van der Waals surface area contributed by atoms with Gasteiger partial charge < -0.3 is 14.4 Å². The molecule has 1 amide bonds. The van der Waals surface area contributed by atoms with Gasteiger partial charge in [0.15, 0.2) is 0 Å². The molecular weight excluding hydrogens is 414 g/mol. The summed E-state index contributed by atoms with van der Waals surface area (Å²) in [5.74, 6) is 1.70. The fourth-order valence-corrected chi connectivity index (χ4v) is 4.42. The van der Waals surface area contributed by atoms with Gasteiger partial charge in [-0.3, -0.25) is 9.69 Å². The van der Waals surface area contributed by atoms with E-state index in [4.69, 9.17) is 14.7 Å². The summed E-state index contributed by atoms with van der Waals surface area (Å²) in [6.45, 7) is 8.64. The zero-order chi connectivity index (χ0) is 23.2. The van der Waals surface area contributed by atoms with Gasteiger partial charge in [-0.15, -0.1) is 0 Å². The van der Waals surface area contributed by atoms with Crippen molar-refractivity contribution < 1.29 is 14.3 Å². The SMILES string of the molecule is CCOc1cc2c(cc1/C=C/C(=O)N1CCCN(Cc3ccc(C#N)cc3)CC1)OC(C)C2. The van der Waals surface area contributed by atoms with Gasteiger partial charge in [0.2, 0.25) is 5.91 Å². The Kier molecular flexibility index (Phi) is 7.31. The van der Waals surface area contributed by atoms with Crippen LogP contribution in [0.3, 0.4) is 0 Å². The first-order valence-electron chi connectivity index (χ1n) is 11.7. The molecular formula is C27H31N3O3. The van der Waals surface area contributed by atoms with Crippen LogP contribution in [0.4, 0.5) is 0 Å². The minimum absolute atomic E-state index is 0.0208. The smallest absolute Gasteiger partial charge is 0.246 e. The van der Waals surface area contributed by atoms with E-state index in [0.29, 0.717) is 18.7 Å². The van der Waals surface area contributed by atoms with Crippen LogP contribution in [0.25, 0.3) is 6.08 Å². The molecule has 0 radical (unpaired) electrons. The van der Waals surface area contributed by atoms with Gasteiger partial charge in [-0.05, 0) is 56.2 Å². The number of carbonyl (C=O) groups excluding carboxylic acids is 1. The Balaban J connectivity index is 1.38. The summed E-state index contributed by atoms with van der Waals surface area (Å²) in [5, 5.41) is 8.96. The van der Waals surface area contributed by atoms with E-state index in [9.17, 15) is 4.79 Å². The predicted octanol–water partition coefficient (Wildman–Crippen LogP) is 4.03. The van der Waals surface area contributed by atoms with E-state index in [1.165, 1.54) is 5.56 Å². The summed E-state index contributed by atoms with van der Waals surface area (Å²) < 4.78 is 11.7. The third-order valence-corrected chi connectivity index (χ3v) is 6.12. The number of hydrogen-bond donors (Lipinski definition) is 0. The van der Waals surface area contributed by atoms with Crippen molar-refractivity contribution in [2.45, 2.75) is 39.3 Å². The summed E-state index contributed by atoms with van der Waals surface area (Å²) in [6, 6.07) is 13.9. The Bertz CT molecular complexity index is 1060. The van der Waals surface area contributed by atoms with Gasteiger partial charge in [-0.2, -0.15) is 5.26 Å². The zero-order valence-corrected chi connectivity index (χ0v) is 19.4. The second-order valence-corrected chi connectivity index (χ2v) is 8.66. The van der Waals surface area contributed by atoms with Crippen LogP contribution in [0.5, 0.6) is 11.5 Å². The van der Waals surface area contributed by atoms with E-state index in [2.05, 4.69) is 17.9 Å². The van der Waals surface area contributed by atoms with Crippen molar-refractivity contribution in [2.24, 2.45) is 0 Å². The summed E-state index contributed by atoms with van der Waals surface area (Å²) >= 11 is 0. The van der Waals surface area contributed by atoms with Crippen molar-refractivity contribution in [3.63, 3.8) is 0 Å². The Morgan fingerprint density at radius 1 is 1.21 bits per heavy atom. The molecule has 2 aromatic carbocycles. The van der Waals surface area contributed by atoms with Crippen molar-refractivity contribution >= 4 is 12.0 Å². The van der Waals surface area contributed by atoms with Crippen LogP contribution >= 0.6 is 0 Å². The maximum atomic E-state index is 12.9. The van der Waals surface area contributed by atoms with Crippen LogP contribution < -0.4 is 9.47 Å². The Labute approximate surface area is 196 Å². The van der Waals surface area contributed by atoms with Crippen molar-refractivity contribution in [1.29, 1.82) is 5.26 Å². The molecule has 33 heavy (non-hydrogen) atoms. The van der Waals surface area contributed by atoms with Crippen LogP contribution in [0.2, 0.25) is 0 Å². The third-order valence-electron chi connectivity index (χ3n) is 6.12. The molecule has 2 heterocycles. The molecule has 0 saturated carbocycles. The number of ether oxygens (including phenoxy) is 2. The van der Waals surface area contributed by atoms with E-state index in [0.717, 1.165) is 61.6 Å². The molecule has 0 bridgehead atoms. The molecule has 1 fully saturated rings. The Morgan fingerprint density at radius 2 is 2.03 bits per heavy atom. The highest BCUT2D eigenvalue weighted by Crippen LogP contribution is 2.35. The second kappa shape index (κ2) is 10.5. The molecule has 6 nitrogen and oxygen atoms in total. The molecule has 2 aliphatic heterocycles. The number of benzene rings is 2. The number of fused-ring (bicyclic) bond motifs is 1. The van der Waals surface area contributed by atoms with Crippen LogP contribution in [0, 0.1) is 11.3 Å². The molecule has 0 N–H and O–H groups in total. The zero-order valence-electron chi connectivity index (χ0n) is 19.4. The number of carbonyl (C=O) groups is 1. The average molecular weight is 446 g/mol. The van der Waals surface area contributed by atoms with Crippen molar-refractivity contribution in [3.8, 4) is 17.6 Å². The largest absolute Gasteiger partial charge is 0.493 e. The van der Waals surface area contributed by atoms with Crippen LogP contribution in [0.1, 0.15) is 42.5 Å². The number of nitriles is 1. The lowest BCUT2D eigenvalue weighted by Crippen LogP contribution is -2.34. The van der Waals surface area contributed by atoms with Gasteiger partial charge in [-0.25, -0.2) is 0 Å². The third kappa shape index (κ3) is 5.74. The fourth-order valence-electron chi connectivity index (χ4n) is 4.42. The van der Waals surface area contributed by atoms with Crippen LogP contribution in [-0.2, 0) is 17.8 Å². The molecule has 6 heteroatoms. The van der Waals surface area contributed by atoms with Crippen molar-refractivity contribution in [1.82, 2.24) is 9.80 Å². The van der Waals surface area contributed by atoms with E-state index < -0.39 is 0 Å². The maximum absolute atomic E-state index is 12.9. The molecule has 2 aromatic rings. The molecule has 1 saturated heterocycles. The highest BCUT2D eigenvalue weighted by Gasteiger charge is 2.22. The first kappa shape index (κ1) is 22.9. The first-order valence-corrected chi connectivity index (χ1v) is 11.7. The lowest BCUT2D eigenvalue weighted by molar-refractivity contribution is -0.125. The average Bonchev–Trinajstić information content (AvgIpc) is 3.01. The number of rotatable bonds is 6. The van der Waals surface area contributed by atoms with Gasteiger partial charge in [-0.1, -0.05) is 12.1 Å². The minimum atomic E-state index is 0.0208. The minimum Gasteiger partial charge on any atom is -0.493 e. The summed E-state index contributed by atoms with van der Waals surface area (Å²) in [4.78, 5) is 17.2. The van der Waals surface area contributed by atoms with Gasteiger partial charge in [0.25, 0.3) is 0 Å². The lowest BCUT2D eigenvalue weighted by atomic mass is 10.1. The monoisotopic (exact) mass is 445 g/mol. The van der Waals surface area contributed by atoms with Crippen molar-refractivity contribution in [2.75, 3.05) is 32.8 Å². The van der Waals surface area contributed by atoms with Gasteiger partial charge in [0.1, 0.15) is 17.6 Å². The molecule has 0 spiro atoms. The standard InChI is InChI=1S/C27H31N3O3/c1-3-32-25-17-24-15-20(2)33-26(24)16-23(25)9-10-27(31)30-12-4-11-29(13-14-30)19-22-7-5-21(18-28)6-8-22/h5-10,16-17,20H,3-4,11-15,19H2,1-2H3/b10-9+. The number of nitrogens with zero attached hydrogens (tertiary/aromatic N) is 3. The number of amides is 1. The molecule has 4 rings (SSSR count). The quantitative estimate of drug-likeness (QED) is 0.628. The van der Waals surface area contributed by atoms with E-state index in [-0.39, 0.29) is 12.0 Å². The van der Waals surface area contributed by atoms with Gasteiger partial charge in [0.05, 0.1) is 18.2 Å². The van der Waals surface area contributed by atoms with Gasteiger partial charge in [0, 0.05) is 56.3 Å². The summed E-state index contributed by atoms with van der Waals surface area (Å²) in [5.41, 5.74) is 3.89. The van der Waals surface area contributed by atoms with Crippen molar-refractivity contribution in [3.05, 3.63) is 64.7 Å². The second-order valence-electron chi connectivity index (χ2n) is 8.66. The van der Waals surface area contributed by atoms with E-state index in [1.54, 1.807) is 6.08 Å². The molecule has 1 atom stereocenters. The Hall–Kier alpha value is -3.30. The van der Waals surface area contributed by atoms with Crippen LogP contribution in [0.15, 0.2) is 42.5 Å². The summed E-state index contributed by atoms with van der Waals surface area (Å²) in [7, 11) is 0. The normalized spacial score (nSPS) is 18.5. The Morgan fingerprint density at radius 3 is 2.79 bits per heavy atom. The predicted molar refractivity (Wildman–Crippen MR) is 128 cm³/mol. The van der Waals surface area contributed by atoms with E-state index >= 15 is 0 Å². The fraction of sp³-hybridized carbons (Fsp3) is 0.407. The highest BCUT2D eigenvalue weighted by molar-refractivity contribution is 5.92. The molecule has 1 unspecified atom stereocenters. The first-order chi connectivity index (χ1) is 16.1. The molecule has 2 aliphatic rings. The maximum Gasteiger partial charge on any atom is 0.246 e. The molecule has 172 valence electrons. The van der Waals surface area contributed by atoms with Crippen LogP contribution in [-0.4, -0.2) is 54.6 Å². The summed E-state index contributed by atoms with van der Waals surface area (Å²) in [6.07, 6.45) is 5.48. The highest BCUT2D eigenvalue weighted by atomic mass is 16.5. The van der Waals surface area contributed by atoms with Gasteiger partial charge >= 0.3 is 0 Å². The molecule has 0 aromatic heterocycles. The topological polar surface area (TPSA) is 65.8 Å². The van der Waals surface area contributed by atoms with E-state index in [1.807, 2.05) is 54.3 Å².